The first kappa shape index (κ1) is 26.7. The minimum atomic E-state index is 0.624. The highest BCUT2D eigenvalue weighted by atomic mass is 32.1. The van der Waals surface area contributed by atoms with Gasteiger partial charge in [-0.25, -0.2) is 9.97 Å². The molecule has 5 heteroatoms. The number of aromatic nitrogens is 3. The van der Waals surface area contributed by atoms with Crippen LogP contribution in [-0.2, 0) is 0 Å². The number of furan rings is 1. The number of thiophene rings is 1. The lowest BCUT2D eigenvalue weighted by molar-refractivity contribution is 0.666. The summed E-state index contributed by atoms with van der Waals surface area (Å²) in [7, 11) is 0. The van der Waals surface area contributed by atoms with Crippen LogP contribution in [0.15, 0.2) is 156 Å². The summed E-state index contributed by atoms with van der Waals surface area (Å²) in [5.41, 5.74) is 8.57. The topological polar surface area (TPSA) is 43.9 Å². The van der Waals surface area contributed by atoms with Gasteiger partial charge in [0.15, 0.2) is 5.58 Å². The number of hydrogen-bond acceptors (Lipinski definition) is 4. The van der Waals surface area contributed by atoms with E-state index < -0.39 is 0 Å². The molecule has 0 amide bonds. The second kappa shape index (κ2) is 10.1. The third kappa shape index (κ3) is 3.79. The fourth-order valence-corrected chi connectivity index (χ4v) is 8.90. The highest BCUT2D eigenvalue weighted by molar-refractivity contribution is 7.27. The Morgan fingerprint density at radius 2 is 1.12 bits per heavy atom. The number of para-hydroxylation sites is 2. The standard InChI is InChI=1S/C44H25N3OS/c1-2-12-26(13-3-1)27-22-24-28(25-23-27)39-42-40(32-17-7-10-20-35(32)48-42)46-44(45-39)47-34-19-9-6-16-31(34)37-29-14-4-5-15-30(29)43-38(41(37)47)33-18-8-11-21-36(33)49-43/h1-25H. The molecule has 11 rings (SSSR count). The van der Waals surface area contributed by atoms with Crippen LogP contribution in [0.1, 0.15) is 0 Å². The molecule has 0 saturated carbocycles. The Morgan fingerprint density at radius 3 is 1.96 bits per heavy atom. The lowest BCUT2D eigenvalue weighted by atomic mass is 10.00. The average molecular weight is 644 g/mol. The van der Waals surface area contributed by atoms with Gasteiger partial charge in [0.1, 0.15) is 16.8 Å². The van der Waals surface area contributed by atoms with E-state index in [9.17, 15) is 0 Å². The Hall–Kier alpha value is -6.30. The van der Waals surface area contributed by atoms with Crippen LogP contribution in [0.4, 0.5) is 0 Å². The Kier molecular flexibility index (Phi) is 5.51. The molecule has 11 aromatic rings. The van der Waals surface area contributed by atoms with Gasteiger partial charge >= 0.3 is 0 Å². The molecule has 7 aromatic carbocycles. The van der Waals surface area contributed by atoms with Gasteiger partial charge in [-0.3, -0.25) is 4.57 Å². The Bertz CT molecular complexity index is 3100. The maximum atomic E-state index is 6.54. The second-order valence-electron chi connectivity index (χ2n) is 12.5. The summed E-state index contributed by atoms with van der Waals surface area (Å²) in [6, 6.07) is 53.4. The Balaban J connectivity index is 1.30. The summed E-state index contributed by atoms with van der Waals surface area (Å²) in [5.74, 6) is 0.624. The highest BCUT2D eigenvalue weighted by Crippen LogP contribution is 2.48. The largest absolute Gasteiger partial charge is 0.452 e. The maximum Gasteiger partial charge on any atom is 0.236 e. The van der Waals surface area contributed by atoms with Crippen LogP contribution in [0.3, 0.4) is 0 Å². The quantitative estimate of drug-likeness (QED) is 0.192. The molecule has 0 N–H and O–H groups in total. The molecule has 0 saturated heterocycles. The van der Waals surface area contributed by atoms with Crippen molar-refractivity contribution >= 4 is 86.2 Å². The summed E-state index contributed by atoms with van der Waals surface area (Å²) >= 11 is 1.86. The van der Waals surface area contributed by atoms with Crippen molar-refractivity contribution in [1.82, 2.24) is 14.5 Å². The Morgan fingerprint density at radius 1 is 0.490 bits per heavy atom. The molecule has 0 fully saturated rings. The molecule has 0 spiro atoms. The van der Waals surface area contributed by atoms with Crippen molar-refractivity contribution < 1.29 is 4.42 Å². The van der Waals surface area contributed by atoms with E-state index in [2.05, 4.69) is 132 Å². The van der Waals surface area contributed by atoms with E-state index in [-0.39, 0.29) is 0 Å². The molecule has 4 nitrogen and oxygen atoms in total. The van der Waals surface area contributed by atoms with Crippen molar-refractivity contribution in [3.05, 3.63) is 152 Å². The van der Waals surface area contributed by atoms with Gasteiger partial charge in [0.05, 0.1) is 11.0 Å². The van der Waals surface area contributed by atoms with Crippen LogP contribution in [0.2, 0.25) is 0 Å². The van der Waals surface area contributed by atoms with Gasteiger partial charge in [0.2, 0.25) is 5.95 Å². The van der Waals surface area contributed by atoms with E-state index in [1.165, 1.54) is 47.3 Å². The van der Waals surface area contributed by atoms with Crippen LogP contribution in [0.25, 0.3) is 103 Å². The number of rotatable bonds is 3. The fraction of sp³-hybridized carbons (Fsp3) is 0. The zero-order valence-electron chi connectivity index (χ0n) is 26.1. The SMILES string of the molecule is c1ccc(-c2ccc(-c3nc(-n4c5ccccc5c5c6ccccc6c6sc7ccccc7c6c54)nc4c3oc3ccccc34)cc2)cc1. The van der Waals surface area contributed by atoms with Crippen LogP contribution in [0, 0.1) is 0 Å². The highest BCUT2D eigenvalue weighted by Gasteiger charge is 2.25. The number of hydrogen-bond donors (Lipinski definition) is 0. The van der Waals surface area contributed by atoms with E-state index in [1.807, 2.05) is 35.6 Å². The maximum absolute atomic E-state index is 6.54. The molecule has 0 radical (unpaired) electrons. The van der Waals surface area contributed by atoms with Gasteiger partial charge in [-0.1, -0.05) is 127 Å². The lowest BCUT2D eigenvalue weighted by Gasteiger charge is -2.11. The normalized spacial score (nSPS) is 12.1. The molecule has 0 bridgehead atoms. The molecule has 0 aliphatic carbocycles. The van der Waals surface area contributed by atoms with Crippen molar-refractivity contribution in [1.29, 1.82) is 0 Å². The minimum Gasteiger partial charge on any atom is -0.452 e. The average Bonchev–Trinajstić information content (AvgIpc) is 3.85. The number of nitrogens with zero attached hydrogens (tertiary/aromatic N) is 3. The van der Waals surface area contributed by atoms with Gasteiger partial charge in [0, 0.05) is 47.3 Å². The second-order valence-corrected chi connectivity index (χ2v) is 13.6. The van der Waals surface area contributed by atoms with Gasteiger partial charge in [-0.2, -0.15) is 0 Å². The van der Waals surface area contributed by atoms with Crippen LogP contribution >= 0.6 is 11.3 Å². The monoisotopic (exact) mass is 643 g/mol. The molecule has 228 valence electrons. The number of benzene rings is 7. The first-order valence-electron chi connectivity index (χ1n) is 16.4. The van der Waals surface area contributed by atoms with E-state index >= 15 is 0 Å². The smallest absolute Gasteiger partial charge is 0.236 e. The first-order chi connectivity index (χ1) is 24.3. The molecule has 0 aliphatic rings. The van der Waals surface area contributed by atoms with E-state index in [0.717, 1.165) is 44.3 Å². The van der Waals surface area contributed by atoms with Gasteiger partial charge < -0.3 is 4.42 Å². The minimum absolute atomic E-state index is 0.624. The van der Waals surface area contributed by atoms with Crippen molar-refractivity contribution in [2.24, 2.45) is 0 Å². The van der Waals surface area contributed by atoms with Crippen molar-refractivity contribution in [3.8, 4) is 28.3 Å². The molecule has 49 heavy (non-hydrogen) atoms. The predicted octanol–water partition coefficient (Wildman–Crippen LogP) is 12.3. The summed E-state index contributed by atoms with van der Waals surface area (Å²) in [4.78, 5) is 10.8. The van der Waals surface area contributed by atoms with Gasteiger partial charge in [-0.05, 0) is 40.8 Å². The molecule has 0 unspecified atom stereocenters. The van der Waals surface area contributed by atoms with Crippen LogP contribution in [-0.4, -0.2) is 14.5 Å². The third-order valence-electron chi connectivity index (χ3n) is 9.82. The van der Waals surface area contributed by atoms with Crippen molar-refractivity contribution in [3.63, 3.8) is 0 Å². The molecule has 4 aromatic heterocycles. The third-order valence-corrected chi connectivity index (χ3v) is 11.0. The summed E-state index contributed by atoms with van der Waals surface area (Å²) < 4.78 is 11.4. The first-order valence-corrected chi connectivity index (χ1v) is 17.2. The van der Waals surface area contributed by atoms with E-state index in [4.69, 9.17) is 14.4 Å². The fourth-order valence-electron chi connectivity index (χ4n) is 7.65. The summed E-state index contributed by atoms with van der Waals surface area (Å²) in [6.45, 7) is 0. The Labute approximate surface area is 284 Å². The molecular weight excluding hydrogens is 619 g/mol. The van der Waals surface area contributed by atoms with Crippen molar-refractivity contribution in [2.75, 3.05) is 0 Å². The molecule has 0 aliphatic heterocycles. The zero-order chi connectivity index (χ0) is 32.1. The number of fused-ring (bicyclic) bond motifs is 13. The molecular formula is C44H25N3OS. The van der Waals surface area contributed by atoms with Gasteiger partial charge in [0.25, 0.3) is 0 Å². The van der Waals surface area contributed by atoms with Crippen molar-refractivity contribution in [2.45, 2.75) is 0 Å². The predicted molar refractivity (Wildman–Crippen MR) is 205 cm³/mol. The zero-order valence-corrected chi connectivity index (χ0v) is 26.9. The van der Waals surface area contributed by atoms with Crippen LogP contribution in [0.5, 0.6) is 0 Å². The van der Waals surface area contributed by atoms with Gasteiger partial charge in [-0.15, -0.1) is 11.3 Å². The summed E-state index contributed by atoms with van der Waals surface area (Å²) in [6.07, 6.45) is 0. The lowest BCUT2D eigenvalue weighted by Crippen LogP contribution is -2.03. The summed E-state index contributed by atoms with van der Waals surface area (Å²) in [5, 5.41) is 8.36. The molecule has 0 atom stereocenters. The van der Waals surface area contributed by atoms with E-state index in [1.54, 1.807) is 0 Å². The van der Waals surface area contributed by atoms with Crippen LogP contribution < -0.4 is 0 Å². The molecule has 4 heterocycles. The van der Waals surface area contributed by atoms with E-state index in [0.29, 0.717) is 11.5 Å².